The van der Waals surface area contributed by atoms with Crippen molar-refractivity contribution in [2.45, 2.75) is 39.7 Å². The van der Waals surface area contributed by atoms with Crippen molar-refractivity contribution in [1.29, 1.82) is 0 Å². The van der Waals surface area contributed by atoms with Crippen LogP contribution in [0, 0.1) is 0 Å². The first kappa shape index (κ1) is 13.4. The number of anilines is 1. The van der Waals surface area contributed by atoms with Crippen LogP contribution in [-0.2, 0) is 0 Å². The molecular weight excluding hydrogens is 216 g/mol. The number of nitrogens with zero attached hydrogens (tertiary/aromatic N) is 2. The fraction of sp³-hybridized carbons (Fsp3) is 0.583. The number of carbonyl (C=O) groups is 1. The number of hydrogen-bond donors (Lipinski definition) is 2. The molecule has 0 aliphatic carbocycles. The van der Waals surface area contributed by atoms with Gasteiger partial charge in [-0.1, -0.05) is 6.92 Å². The third kappa shape index (κ3) is 4.80. The first-order valence-electron chi connectivity index (χ1n) is 5.81. The van der Waals surface area contributed by atoms with E-state index in [2.05, 4.69) is 20.6 Å². The highest BCUT2D eigenvalue weighted by Gasteiger charge is 2.12. The van der Waals surface area contributed by atoms with E-state index in [0.29, 0.717) is 18.1 Å². The zero-order chi connectivity index (χ0) is 12.9. The first-order valence-corrected chi connectivity index (χ1v) is 5.81. The van der Waals surface area contributed by atoms with Crippen LogP contribution in [0.5, 0.6) is 0 Å². The van der Waals surface area contributed by atoms with Crippen molar-refractivity contribution in [2.24, 2.45) is 0 Å². The van der Waals surface area contributed by atoms with Gasteiger partial charge in [0.2, 0.25) is 0 Å². The maximum Gasteiger partial charge on any atom is 0.270 e. The number of amides is 1. The third-order valence-electron chi connectivity index (χ3n) is 1.94. The lowest BCUT2D eigenvalue weighted by Crippen LogP contribution is -2.28. The molecule has 0 aliphatic heterocycles. The molecule has 2 N–H and O–H groups in total. The minimum absolute atomic E-state index is 0.0917. The Morgan fingerprint density at radius 1 is 1.35 bits per heavy atom. The van der Waals surface area contributed by atoms with Crippen molar-refractivity contribution in [3.8, 4) is 0 Å². The van der Waals surface area contributed by atoms with Crippen LogP contribution in [-0.4, -0.2) is 28.0 Å². The molecule has 0 atom stereocenters. The predicted molar refractivity (Wildman–Crippen MR) is 68.0 cm³/mol. The number of nitrogens with one attached hydrogen (secondary N) is 2. The molecule has 0 spiro atoms. The molecule has 5 heteroatoms. The Labute approximate surface area is 102 Å². The van der Waals surface area contributed by atoms with Crippen LogP contribution in [0.15, 0.2) is 12.4 Å². The molecule has 0 aromatic carbocycles. The van der Waals surface area contributed by atoms with Gasteiger partial charge >= 0.3 is 0 Å². The van der Waals surface area contributed by atoms with Gasteiger partial charge in [0, 0.05) is 18.2 Å². The van der Waals surface area contributed by atoms with Crippen LogP contribution in [0.4, 0.5) is 5.82 Å². The molecule has 0 bridgehead atoms. The normalized spacial score (nSPS) is 11.1. The maximum atomic E-state index is 11.7. The molecule has 1 amide bonds. The minimum Gasteiger partial charge on any atom is -0.365 e. The van der Waals surface area contributed by atoms with Crippen LogP contribution < -0.4 is 10.6 Å². The molecule has 0 saturated heterocycles. The summed E-state index contributed by atoms with van der Waals surface area (Å²) >= 11 is 0. The smallest absolute Gasteiger partial charge is 0.270 e. The summed E-state index contributed by atoms with van der Waals surface area (Å²) in [6, 6.07) is 1.66. The number of aromatic nitrogens is 2. The van der Waals surface area contributed by atoms with E-state index < -0.39 is 0 Å². The van der Waals surface area contributed by atoms with E-state index in [1.807, 2.05) is 27.7 Å². The molecule has 94 valence electrons. The highest BCUT2D eigenvalue weighted by molar-refractivity contribution is 5.92. The van der Waals surface area contributed by atoms with Gasteiger partial charge in [0.1, 0.15) is 17.8 Å². The molecule has 0 unspecified atom stereocenters. The zero-order valence-corrected chi connectivity index (χ0v) is 10.9. The van der Waals surface area contributed by atoms with Gasteiger partial charge in [-0.3, -0.25) is 4.79 Å². The van der Waals surface area contributed by atoms with Crippen LogP contribution in [0.25, 0.3) is 0 Å². The van der Waals surface area contributed by atoms with E-state index in [4.69, 9.17) is 0 Å². The Hall–Kier alpha value is -1.65. The second kappa shape index (κ2) is 5.61. The molecule has 1 heterocycles. The van der Waals surface area contributed by atoms with Crippen LogP contribution >= 0.6 is 0 Å². The van der Waals surface area contributed by atoms with E-state index in [0.717, 1.165) is 6.42 Å². The van der Waals surface area contributed by atoms with Crippen molar-refractivity contribution in [1.82, 2.24) is 15.3 Å². The number of hydrogen-bond acceptors (Lipinski definition) is 4. The Bertz CT molecular complexity index is 384. The highest BCUT2D eigenvalue weighted by Crippen LogP contribution is 2.11. The monoisotopic (exact) mass is 236 g/mol. The van der Waals surface area contributed by atoms with E-state index in [1.54, 1.807) is 6.07 Å². The molecule has 1 aromatic rings. The van der Waals surface area contributed by atoms with Gasteiger partial charge < -0.3 is 10.6 Å². The zero-order valence-electron chi connectivity index (χ0n) is 10.9. The second-order valence-corrected chi connectivity index (χ2v) is 4.92. The van der Waals surface area contributed by atoms with Gasteiger partial charge in [0.15, 0.2) is 0 Å². The van der Waals surface area contributed by atoms with Crippen LogP contribution in [0.1, 0.15) is 44.6 Å². The van der Waals surface area contributed by atoms with E-state index in [-0.39, 0.29) is 11.4 Å². The summed E-state index contributed by atoms with van der Waals surface area (Å²) in [7, 11) is 0. The summed E-state index contributed by atoms with van der Waals surface area (Å²) in [5.41, 5.74) is 0.297. The molecule has 0 aliphatic rings. The predicted octanol–water partition coefficient (Wildman–Crippen LogP) is 1.83. The van der Waals surface area contributed by atoms with Gasteiger partial charge in [-0.05, 0) is 27.2 Å². The molecular formula is C12H20N4O. The molecule has 0 saturated carbocycles. The Balaban J connectivity index is 2.75. The summed E-state index contributed by atoms with van der Waals surface area (Å²) < 4.78 is 0. The van der Waals surface area contributed by atoms with E-state index >= 15 is 0 Å². The Morgan fingerprint density at radius 2 is 2.06 bits per heavy atom. The summed E-state index contributed by atoms with van der Waals surface area (Å²) in [5, 5.41) is 5.98. The molecule has 0 radical (unpaired) electrons. The average Bonchev–Trinajstić information content (AvgIpc) is 2.24. The lowest BCUT2D eigenvalue weighted by Gasteiger charge is -2.21. The quantitative estimate of drug-likeness (QED) is 0.837. The largest absolute Gasteiger partial charge is 0.365 e. The summed E-state index contributed by atoms with van der Waals surface area (Å²) in [4.78, 5) is 19.7. The average molecular weight is 236 g/mol. The lowest BCUT2D eigenvalue weighted by molar-refractivity contribution is 0.0948. The molecule has 1 rings (SSSR count). The molecule has 5 nitrogen and oxygen atoms in total. The van der Waals surface area contributed by atoms with E-state index in [9.17, 15) is 4.79 Å². The second-order valence-electron chi connectivity index (χ2n) is 4.92. The summed E-state index contributed by atoms with van der Waals surface area (Å²) in [6.45, 7) is 8.77. The third-order valence-corrected chi connectivity index (χ3v) is 1.94. The van der Waals surface area contributed by atoms with Gasteiger partial charge in [-0.15, -0.1) is 0 Å². The SMILES string of the molecule is CCCNC(=O)c1cc(NC(C)(C)C)ncn1. The van der Waals surface area contributed by atoms with Crippen molar-refractivity contribution in [3.05, 3.63) is 18.1 Å². The maximum absolute atomic E-state index is 11.7. The number of carbonyl (C=O) groups excluding carboxylic acids is 1. The van der Waals surface area contributed by atoms with Gasteiger partial charge in [0.25, 0.3) is 5.91 Å². The van der Waals surface area contributed by atoms with Crippen LogP contribution in [0.2, 0.25) is 0 Å². The molecule has 17 heavy (non-hydrogen) atoms. The van der Waals surface area contributed by atoms with Crippen LogP contribution in [0.3, 0.4) is 0 Å². The standard InChI is InChI=1S/C12H20N4O/c1-5-6-13-11(17)9-7-10(15-8-14-9)16-12(2,3)4/h7-8H,5-6H2,1-4H3,(H,13,17)(H,14,15,16). The van der Waals surface area contributed by atoms with Gasteiger partial charge in [-0.2, -0.15) is 0 Å². The molecule has 0 fully saturated rings. The fourth-order valence-electron chi connectivity index (χ4n) is 1.26. The fourth-order valence-corrected chi connectivity index (χ4v) is 1.26. The van der Waals surface area contributed by atoms with Crippen molar-refractivity contribution in [3.63, 3.8) is 0 Å². The first-order chi connectivity index (χ1) is 7.92. The Morgan fingerprint density at radius 3 is 2.65 bits per heavy atom. The minimum atomic E-state index is -0.161. The van der Waals surface area contributed by atoms with Crippen molar-refractivity contribution >= 4 is 11.7 Å². The Kier molecular flexibility index (Phi) is 4.43. The van der Waals surface area contributed by atoms with Crippen molar-refractivity contribution in [2.75, 3.05) is 11.9 Å². The lowest BCUT2D eigenvalue weighted by atomic mass is 10.1. The summed E-state index contributed by atoms with van der Waals surface area (Å²) in [5.74, 6) is 0.500. The van der Waals surface area contributed by atoms with Gasteiger partial charge in [-0.25, -0.2) is 9.97 Å². The van der Waals surface area contributed by atoms with Crippen molar-refractivity contribution < 1.29 is 4.79 Å². The summed E-state index contributed by atoms with van der Waals surface area (Å²) in [6.07, 6.45) is 2.30. The van der Waals surface area contributed by atoms with E-state index in [1.165, 1.54) is 6.33 Å². The highest BCUT2D eigenvalue weighted by atomic mass is 16.1. The number of rotatable bonds is 4. The topological polar surface area (TPSA) is 66.9 Å². The molecule has 1 aromatic heterocycles. The van der Waals surface area contributed by atoms with Gasteiger partial charge in [0.05, 0.1) is 0 Å².